The second-order valence-corrected chi connectivity index (χ2v) is 4.60. The molecule has 0 aromatic carbocycles. The van der Waals surface area contributed by atoms with Gasteiger partial charge >= 0.3 is 0 Å². The minimum Gasteiger partial charge on any atom is -1.00 e. The maximum Gasteiger partial charge on any atom is 0.0780 e. The van der Waals surface area contributed by atoms with Crippen LogP contribution >= 0.6 is 0 Å². The molecule has 0 unspecified atom stereocenters. The lowest BCUT2D eigenvalue weighted by Gasteiger charge is -2.23. The molecule has 1 nitrogen and oxygen atoms in total. The van der Waals surface area contributed by atoms with Crippen molar-refractivity contribution in [2.24, 2.45) is 5.92 Å². The van der Waals surface area contributed by atoms with E-state index in [1.54, 1.807) is 0 Å². The monoisotopic (exact) mass is 269 g/mol. The molecule has 11 heavy (non-hydrogen) atoms. The highest BCUT2D eigenvalue weighted by molar-refractivity contribution is 4.72. The fourth-order valence-electron chi connectivity index (χ4n) is 1.26. The van der Waals surface area contributed by atoms with E-state index in [2.05, 4.69) is 21.1 Å². The Labute approximate surface area is 87.8 Å². The molecule has 1 aliphatic carbocycles. The Hall–Kier alpha value is 0.690. The zero-order valence-corrected chi connectivity index (χ0v) is 10.1. The Morgan fingerprint density at radius 2 is 1.73 bits per heavy atom. The zero-order chi connectivity index (χ0) is 7.61. The van der Waals surface area contributed by atoms with E-state index in [0.29, 0.717) is 0 Å². The van der Waals surface area contributed by atoms with E-state index in [1.807, 2.05) is 0 Å². The van der Waals surface area contributed by atoms with E-state index >= 15 is 0 Å². The Morgan fingerprint density at radius 3 is 2.09 bits per heavy atom. The van der Waals surface area contributed by atoms with Crippen molar-refractivity contribution in [2.45, 2.75) is 25.7 Å². The number of quaternary nitrogens is 1. The molecular formula is C9H20IN. The average Bonchev–Trinajstić information content (AvgIpc) is 2.45. The lowest BCUT2D eigenvalue weighted by molar-refractivity contribution is -0.870. The van der Waals surface area contributed by atoms with Crippen molar-refractivity contribution in [2.75, 3.05) is 27.7 Å². The first kappa shape index (κ1) is 11.7. The van der Waals surface area contributed by atoms with Crippen LogP contribution in [-0.4, -0.2) is 32.2 Å². The third-order valence-electron chi connectivity index (χ3n) is 2.14. The topological polar surface area (TPSA) is 0 Å². The van der Waals surface area contributed by atoms with E-state index in [9.17, 15) is 0 Å². The largest absolute Gasteiger partial charge is 1.00 e. The second-order valence-electron chi connectivity index (χ2n) is 4.60. The molecule has 2 heteroatoms. The minimum atomic E-state index is 0. The van der Waals surface area contributed by atoms with E-state index in [-0.39, 0.29) is 24.0 Å². The summed E-state index contributed by atoms with van der Waals surface area (Å²) in [6.07, 6.45) is 5.93. The molecule has 0 bridgehead atoms. The summed E-state index contributed by atoms with van der Waals surface area (Å²) in [5.41, 5.74) is 0. The molecule has 1 fully saturated rings. The van der Waals surface area contributed by atoms with Crippen LogP contribution in [0.4, 0.5) is 0 Å². The van der Waals surface area contributed by atoms with Crippen molar-refractivity contribution in [3.8, 4) is 0 Å². The first-order chi connectivity index (χ1) is 4.58. The second kappa shape index (κ2) is 4.65. The zero-order valence-electron chi connectivity index (χ0n) is 7.94. The van der Waals surface area contributed by atoms with Gasteiger partial charge in [0, 0.05) is 0 Å². The predicted molar refractivity (Wildman–Crippen MR) is 44.9 cm³/mol. The van der Waals surface area contributed by atoms with Crippen molar-refractivity contribution in [1.82, 2.24) is 0 Å². The molecule has 0 spiro atoms. The standard InChI is InChI=1S/C9H20N.HI/c1-10(2,3)8-4-5-9-6-7-9;/h9H,4-8H2,1-3H3;1H/q+1;/p-1. The van der Waals surface area contributed by atoms with Crippen LogP contribution in [-0.2, 0) is 0 Å². The lowest BCUT2D eigenvalue weighted by Crippen LogP contribution is -3.00. The number of rotatable bonds is 4. The Balaban J connectivity index is 0.000001000. The molecule has 0 aromatic heterocycles. The van der Waals surface area contributed by atoms with Crippen LogP contribution in [0.15, 0.2) is 0 Å². The molecule has 1 saturated carbocycles. The highest BCUT2D eigenvalue weighted by Crippen LogP contribution is 2.33. The van der Waals surface area contributed by atoms with Crippen LogP contribution < -0.4 is 24.0 Å². The fraction of sp³-hybridized carbons (Fsp3) is 1.00. The van der Waals surface area contributed by atoms with Gasteiger partial charge in [-0.25, -0.2) is 0 Å². The molecule has 0 atom stereocenters. The van der Waals surface area contributed by atoms with Gasteiger partial charge in [0.2, 0.25) is 0 Å². The summed E-state index contributed by atoms with van der Waals surface area (Å²) in [6, 6.07) is 0. The number of halogens is 1. The summed E-state index contributed by atoms with van der Waals surface area (Å²) in [4.78, 5) is 0. The normalized spacial score (nSPS) is 17.7. The predicted octanol–water partition coefficient (Wildman–Crippen LogP) is -1.11. The van der Waals surface area contributed by atoms with Gasteiger partial charge in [-0.05, 0) is 18.8 Å². The van der Waals surface area contributed by atoms with Gasteiger partial charge in [0.1, 0.15) is 0 Å². The van der Waals surface area contributed by atoms with Crippen molar-refractivity contribution < 1.29 is 28.5 Å². The number of hydrogen-bond donors (Lipinski definition) is 0. The van der Waals surface area contributed by atoms with Crippen LogP contribution in [0.3, 0.4) is 0 Å². The molecule has 0 N–H and O–H groups in total. The summed E-state index contributed by atoms with van der Waals surface area (Å²) in [5.74, 6) is 1.12. The Morgan fingerprint density at radius 1 is 1.18 bits per heavy atom. The van der Waals surface area contributed by atoms with Gasteiger partial charge in [-0.1, -0.05) is 12.8 Å². The van der Waals surface area contributed by atoms with Crippen LogP contribution in [0.1, 0.15) is 25.7 Å². The van der Waals surface area contributed by atoms with E-state index in [1.165, 1.54) is 32.2 Å². The van der Waals surface area contributed by atoms with Gasteiger partial charge in [-0.15, -0.1) is 0 Å². The van der Waals surface area contributed by atoms with Crippen LogP contribution in [0.2, 0.25) is 0 Å². The highest BCUT2D eigenvalue weighted by Gasteiger charge is 2.21. The van der Waals surface area contributed by atoms with Gasteiger partial charge in [0.15, 0.2) is 0 Å². The molecule has 1 aliphatic rings. The first-order valence-corrected chi connectivity index (χ1v) is 4.38. The Kier molecular flexibility index (Phi) is 4.94. The molecule has 0 heterocycles. The summed E-state index contributed by atoms with van der Waals surface area (Å²) < 4.78 is 1.13. The molecule has 1 rings (SSSR count). The lowest BCUT2D eigenvalue weighted by atomic mass is 10.2. The third kappa shape index (κ3) is 7.06. The van der Waals surface area contributed by atoms with Gasteiger partial charge in [0.05, 0.1) is 27.7 Å². The quantitative estimate of drug-likeness (QED) is 0.448. The van der Waals surface area contributed by atoms with Crippen LogP contribution in [0, 0.1) is 5.92 Å². The van der Waals surface area contributed by atoms with Crippen molar-refractivity contribution >= 4 is 0 Å². The number of hydrogen-bond acceptors (Lipinski definition) is 0. The summed E-state index contributed by atoms with van der Waals surface area (Å²) in [6.45, 7) is 1.34. The molecule has 68 valence electrons. The molecule has 0 amide bonds. The maximum atomic E-state index is 2.27. The first-order valence-electron chi connectivity index (χ1n) is 4.38. The van der Waals surface area contributed by atoms with Gasteiger partial charge in [0.25, 0.3) is 0 Å². The van der Waals surface area contributed by atoms with Crippen molar-refractivity contribution in [3.05, 3.63) is 0 Å². The number of nitrogens with zero attached hydrogens (tertiary/aromatic N) is 1. The summed E-state index contributed by atoms with van der Waals surface area (Å²) in [7, 11) is 6.81. The Bertz CT molecular complexity index is 103. The van der Waals surface area contributed by atoms with Crippen LogP contribution in [0.25, 0.3) is 0 Å². The fourth-order valence-corrected chi connectivity index (χ4v) is 1.26. The molecule has 0 radical (unpaired) electrons. The van der Waals surface area contributed by atoms with Crippen molar-refractivity contribution in [1.29, 1.82) is 0 Å². The molecular weight excluding hydrogens is 249 g/mol. The van der Waals surface area contributed by atoms with E-state index < -0.39 is 0 Å². The van der Waals surface area contributed by atoms with Crippen molar-refractivity contribution in [3.63, 3.8) is 0 Å². The van der Waals surface area contributed by atoms with Gasteiger partial charge < -0.3 is 28.5 Å². The van der Waals surface area contributed by atoms with E-state index in [0.717, 1.165) is 10.4 Å². The average molecular weight is 269 g/mol. The van der Waals surface area contributed by atoms with Gasteiger partial charge in [-0.2, -0.15) is 0 Å². The summed E-state index contributed by atoms with van der Waals surface area (Å²) in [5, 5.41) is 0. The smallest absolute Gasteiger partial charge is 0.0780 e. The highest BCUT2D eigenvalue weighted by atomic mass is 127. The van der Waals surface area contributed by atoms with E-state index in [4.69, 9.17) is 0 Å². The summed E-state index contributed by atoms with van der Waals surface area (Å²) >= 11 is 0. The van der Waals surface area contributed by atoms with Crippen LogP contribution in [0.5, 0.6) is 0 Å². The molecule has 0 saturated heterocycles. The molecule has 0 aliphatic heterocycles. The SMILES string of the molecule is C[N+](C)(C)CCCC1CC1.[I-]. The molecule has 0 aromatic rings. The van der Waals surface area contributed by atoms with Gasteiger partial charge in [-0.3, -0.25) is 0 Å². The third-order valence-corrected chi connectivity index (χ3v) is 2.14. The minimum absolute atomic E-state index is 0. The maximum absolute atomic E-state index is 2.27.